The number of morpholine rings is 1. The summed E-state index contributed by atoms with van der Waals surface area (Å²) in [5.41, 5.74) is 0.149. The number of ether oxygens (including phenoxy) is 1. The molecule has 1 aromatic carbocycles. The number of rotatable bonds is 1. The van der Waals surface area contributed by atoms with Gasteiger partial charge in [0.05, 0.1) is 18.3 Å². The molecule has 1 heterocycles. The Morgan fingerprint density at radius 2 is 1.88 bits per heavy atom. The van der Waals surface area contributed by atoms with Crippen LogP contribution in [0, 0.1) is 0 Å². The van der Waals surface area contributed by atoms with Gasteiger partial charge in [-0.05, 0) is 24.6 Å². The maximum absolute atomic E-state index is 12.4. The lowest BCUT2D eigenvalue weighted by Gasteiger charge is -2.28. The molecular formula is C12H14F3NO. The van der Waals surface area contributed by atoms with E-state index in [2.05, 4.69) is 5.32 Å². The van der Waals surface area contributed by atoms with E-state index < -0.39 is 11.7 Å². The van der Waals surface area contributed by atoms with Gasteiger partial charge < -0.3 is 10.1 Å². The second kappa shape index (κ2) is 4.66. The fraction of sp³-hybridized carbons (Fsp3) is 0.500. The molecule has 2 nitrogen and oxygen atoms in total. The minimum Gasteiger partial charge on any atom is -0.371 e. The van der Waals surface area contributed by atoms with Crippen molar-refractivity contribution in [3.63, 3.8) is 0 Å². The molecule has 1 unspecified atom stereocenters. The molecule has 1 N–H and O–H groups in total. The van der Waals surface area contributed by atoms with Gasteiger partial charge in [-0.1, -0.05) is 12.1 Å². The van der Waals surface area contributed by atoms with Crippen molar-refractivity contribution in [2.45, 2.75) is 25.2 Å². The van der Waals surface area contributed by atoms with Crippen LogP contribution in [0.2, 0.25) is 0 Å². The fourth-order valence-electron chi connectivity index (χ4n) is 1.79. The monoisotopic (exact) mass is 245 g/mol. The summed E-state index contributed by atoms with van der Waals surface area (Å²) < 4.78 is 42.7. The summed E-state index contributed by atoms with van der Waals surface area (Å²) in [6.45, 7) is 3.21. The smallest absolute Gasteiger partial charge is 0.371 e. The molecule has 2 rings (SSSR count). The Balaban J connectivity index is 2.08. The first-order valence-electron chi connectivity index (χ1n) is 5.49. The van der Waals surface area contributed by atoms with E-state index in [4.69, 9.17) is 4.74 Å². The zero-order valence-electron chi connectivity index (χ0n) is 9.42. The van der Waals surface area contributed by atoms with Crippen LogP contribution in [0.25, 0.3) is 0 Å². The van der Waals surface area contributed by atoms with Crippen molar-refractivity contribution in [2.24, 2.45) is 0 Å². The topological polar surface area (TPSA) is 21.3 Å². The highest BCUT2D eigenvalue weighted by Gasteiger charge is 2.30. The quantitative estimate of drug-likeness (QED) is 0.821. The molecule has 1 aliphatic rings. The highest BCUT2D eigenvalue weighted by atomic mass is 19.4. The van der Waals surface area contributed by atoms with Gasteiger partial charge in [-0.3, -0.25) is 0 Å². The van der Waals surface area contributed by atoms with Crippen LogP contribution < -0.4 is 5.32 Å². The van der Waals surface area contributed by atoms with Gasteiger partial charge in [0.2, 0.25) is 0 Å². The van der Waals surface area contributed by atoms with Crippen LogP contribution in [-0.2, 0) is 10.9 Å². The van der Waals surface area contributed by atoms with Gasteiger partial charge in [-0.15, -0.1) is 0 Å². The van der Waals surface area contributed by atoms with Crippen molar-refractivity contribution in [3.05, 3.63) is 35.4 Å². The Morgan fingerprint density at radius 1 is 1.24 bits per heavy atom. The normalized spacial score (nSPS) is 25.9. The molecule has 0 bridgehead atoms. The van der Waals surface area contributed by atoms with Crippen LogP contribution in [0.5, 0.6) is 0 Å². The lowest BCUT2D eigenvalue weighted by atomic mass is 10.1. The van der Waals surface area contributed by atoms with E-state index in [0.717, 1.165) is 17.7 Å². The summed E-state index contributed by atoms with van der Waals surface area (Å²) in [6.07, 6.45) is -4.44. The van der Waals surface area contributed by atoms with Crippen molar-refractivity contribution in [2.75, 3.05) is 13.2 Å². The van der Waals surface area contributed by atoms with Crippen LogP contribution in [0.4, 0.5) is 13.2 Å². The third-order valence-electron chi connectivity index (χ3n) is 2.81. The molecule has 0 amide bonds. The summed E-state index contributed by atoms with van der Waals surface area (Å²) in [4.78, 5) is 0. The zero-order chi connectivity index (χ0) is 12.5. The SMILES string of the molecule is CC1CO[C@H](c2ccc(C(F)(F)F)cc2)CN1. The van der Waals surface area contributed by atoms with Crippen LogP contribution >= 0.6 is 0 Å². The van der Waals surface area contributed by atoms with Crippen LogP contribution in [0.15, 0.2) is 24.3 Å². The first-order valence-corrected chi connectivity index (χ1v) is 5.49. The number of benzene rings is 1. The molecule has 5 heteroatoms. The minimum atomic E-state index is -4.28. The number of alkyl halides is 3. The third-order valence-corrected chi connectivity index (χ3v) is 2.81. The Labute approximate surface area is 97.8 Å². The number of hydrogen-bond acceptors (Lipinski definition) is 2. The van der Waals surface area contributed by atoms with Gasteiger partial charge in [0.15, 0.2) is 0 Å². The van der Waals surface area contributed by atoms with Gasteiger partial charge in [0, 0.05) is 12.6 Å². The van der Waals surface area contributed by atoms with E-state index >= 15 is 0 Å². The van der Waals surface area contributed by atoms with E-state index in [1.807, 2.05) is 6.92 Å². The highest BCUT2D eigenvalue weighted by Crippen LogP contribution is 2.30. The lowest BCUT2D eigenvalue weighted by molar-refractivity contribution is -0.137. The summed E-state index contributed by atoms with van der Waals surface area (Å²) in [5, 5.41) is 3.23. The molecule has 1 aromatic rings. The Kier molecular flexibility index (Phi) is 3.40. The average molecular weight is 245 g/mol. The van der Waals surface area contributed by atoms with Gasteiger partial charge in [0.25, 0.3) is 0 Å². The first-order chi connectivity index (χ1) is 7.97. The van der Waals surface area contributed by atoms with E-state index in [-0.39, 0.29) is 6.10 Å². The molecule has 1 fully saturated rings. The molecular weight excluding hydrogens is 231 g/mol. The molecule has 94 valence electrons. The molecule has 0 saturated carbocycles. The number of hydrogen-bond donors (Lipinski definition) is 1. The summed E-state index contributed by atoms with van der Waals surface area (Å²) in [5.74, 6) is 0. The van der Waals surface area contributed by atoms with Crippen LogP contribution in [0.1, 0.15) is 24.2 Å². The summed E-state index contributed by atoms with van der Waals surface area (Å²) >= 11 is 0. The molecule has 0 aliphatic carbocycles. The maximum Gasteiger partial charge on any atom is 0.416 e. The van der Waals surface area contributed by atoms with Gasteiger partial charge in [-0.25, -0.2) is 0 Å². The standard InChI is InChI=1S/C12H14F3NO/c1-8-7-17-11(6-16-8)9-2-4-10(5-3-9)12(13,14)15/h2-5,8,11,16H,6-7H2,1H3/t8?,11-/m0/s1. The lowest BCUT2D eigenvalue weighted by Crippen LogP contribution is -2.40. The zero-order valence-corrected chi connectivity index (χ0v) is 9.42. The third kappa shape index (κ3) is 2.98. The van der Waals surface area contributed by atoms with E-state index in [0.29, 0.717) is 19.2 Å². The molecule has 0 aromatic heterocycles. The Hall–Kier alpha value is -1.07. The number of nitrogens with one attached hydrogen (secondary N) is 1. The fourth-order valence-corrected chi connectivity index (χ4v) is 1.79. The van der Waals surface area contributed by atoms with Crippen molar-refractivity contribution in [1.29, 1.82) is 0 Å². The van der Waals surface area contributed by atoms with Crippen molar-refractivity contribution < 1.29 is 17.9 Å². The second-order valence-electron chi connectivity index (χ2n) is 4.25. The summed E-state index contributed by atoms with van der Waals surface area (Å²) in [7, 11) is 0. The molecule has 2 atom stereocenters. The molecule has 1 aliphatic heterocycles. The largest absolute Gasteiger partial charge is 0.416 e. The van der Waals surface area contributed by atoms with Crippen molar-refractivity contribution >= 4 is 0 Å². The van der Waals surface area contributed by atoms with Crippen LogP contribution in [0.3, 0.4) is 0 Å². The predicted molar refractivity (Wildman–Crippen MR) is 57.6 cm³/mol. The molecule has 1 saturated heterocycles. The Morgan fingerprint density at radius 3 is 2.35 bits per heavy atom. The van der Waals surface area contributed by atoms with Gasteiger partial charge >= 0.3 is 6.18 Å². The average Bonchev–Trinajstić information content (AvgIpc) is 2.29. The van der Waals surface area contributed by atoms with E-state index in [1.165, 1.54) is 12.1 Å². The van der Waals surface area contributed by atoms with E-state index in [1.54, 1.807) is 0 Å². The van der Waals surface area contributed by atoms with Crippen molar-refractivity contribution in [3.8, 4) is 0 Å². The predicted octanol–water partition coefficient (Wildman–Crippen LogP) is 2.75. The van der Waals surface area contributed by atoms with Crippen LogP contribution in [-0.4, -0.2) is 19.2 Å². The second-order valence-corrected chi connectivity index (χ2v) is 4.25. The first kappa shape index (κ1) is 12.4. The van der Waals surface area contributed by atoms with Gasteiger partial charge in [0.1, 0.15) is 0 Å². The Bertz CT molecular complexity index is 366. The maximum atomic E-state index is 12.4. The van der Waals surface area contributed by atoms with E-state index in [9.17, 15) is 13.2 Å². The minimum absolute atomic E-state index is 0.159. The molecule has 17 heavy (non-hydrogen) atoms. The summed E-state index contributed by atoms with van der Waals surface area (Å²) in [6, 6.07) is 5.43. The number of halogens is 3. The molecule has 0 radical (unpaired) electrons. The van der Waals surface area contributed by atoms with Gasteiger partial charge in [-0.2, -0.15) is 13.2 Å². The highest BCUT2D eigenvalue weighted by molar-refractivity contribution is 5.26. The molecule has 0 spiro atoms. The van der Waals surface area contributed by atoms with Crippen molar-refractivity contribution in [1.82, 2.24) is 5.32 Å².